The molecule has 0 amide bonds. The summed E-state index contributed by atoms with van der Waals surface area (Å²) >= 11 is 1.78. The van der Waals surface area contributed by atoms with Crippen LogP contribution in [0.1, 0.15) is 11.1 Å². The van der Waals surface area contributed by atoms with Crippen molar-refractivity contribution in [3.8, 4) is 0 Å². The van der Waals surface area contributed by atoms with Crippen molar-refractivity contribution in [2.75, 3.05) is 5.73 Å². The molecular weight excluding hydrogens is 264 g/mol. The van der Waals surface area contributed by atoms with Crippen molar-refractivity contribution in [1.82, 2.24) is 4.98 Å². The number of pyridine rings is 1. The van der Waals surface area contributed by atoms with Crippen molar-refractivity contribution in [1.29, 1.82) is 0 Å². The zero-order chi connectivity index (χ0) is 13.9. The van der Waals surface area contributed by atoms with Crippen LogP contribution in [0.15, 0.2) is 59.6 Å². The Kier molecular flexibility index (Phi) is 3.61. The SMILES string of the molecule is Cc1ccccc1CSc1ccc2ncccc2c1N. The molecule has 2 aromatic carbocycles. The lowest BCUT2D eigenvalue weighted by Gasteiger charge is -2.09. The van der Waals surface area contributed by atoms with Crippen LogP contribution in [-0.4, -0.2) is 4.98 Å². The van der Waals surface area contributed by atoms with Crippen LogP contribution >= 0.6 is 11.8 Å². The molecule has 1 heterocycles. The van der Waals surface area contributed by atoms with Crippen molar-refractivity contribution in [2.24, 2.45) is 0 Å². The Morgan fingerprint density at radius 1 is 1.05 bits per heavy atom. The highest BCUT2D eigenvalue weighted by molar-refractivity contribution is 7.98. The summed E-state index contributed by atoms with van der Waals surface area (Å²) in [6.07, 6.45) is 1.79. The first kappa shape index (κ1) is 13.0. The first-order chi connectivity index (χ1) is 9.75. The Morgan fingerprint density at radius 2 is 1.90 bits per heavy atom. The molecule has 0 saturated carbocycles. The van der Waals surface area contributed by atoms with Gasteiger partial charge in [-0.05, 0) is 42.3 Å². The summed E-state index contributed by atoms with van der Waals surface area (Å²) in [6, 6.07) is 16.5. The molecule has 0 spiro atoms. The molecule has 0 aliphatic rings. The monoisotopic (exact) mass is 280 g/mol. The predicted molar refractivity (Wildman–Crippen MR) is 86.9 cm³/mol. The Morgan fingerprint density at radius 3 is 2.75 bits per heavy atom. The Bertz CT molecular complexity index is 753. The van der Waals surface area contributed by atoms with E-state index in [-0.39, 0.29) is 0 Å². The maximum atomic E-state index is 6.26. The van der Waals surface area contributed by atoms with E-state index in [1.54, 1.807) is 18.0 Å². The quantitative estimate of drug-likeness (QED) is 0.570. The molecule has 3 aromatic rings. The number of aromatic nitrogens is 1. The van der Waals surface area contributed by atoms with Crippen molar-refractivity contribution in [3.05, 3.63) is 65.9 Å². The fraction of sp³-hybridized carbons (Fsp3) is 0.118. The van der Waals surface area contributed by atoms with Crippen LogP contribution in [0.2, 0.25) is 0 Å². The van der Waals surface area contributed by atoms with Crippen LogP contribution in [0, 0.1) is 6.92 Å². The van der Waals surface area contributed by atoms with Crippen LogP contribution < -0.4 is 5.73 Å². The normalized spacial score (nSPS) is 10.8. The first-order valence-electron chi connectivity index (χ1n) is 6.56. The van der Waals surface area contributed by atoms with Crippen LogP contribution in [0.4, 0.5) is 5.69 Å². The second-order valence-electron chi connectivity index (χ2n) is 4.76. The van der Waals surface area contributed by atoms with Gasteiger partial charge in [-0.25, -0.2) is 0 Å². The fourth-order valence-corrected chi connectivity index (χ4v) is 3.27. The number of benzene rings is 2. The van der Waals surface area contributed by atoms with Crippen LogP contribution in [-0.2, 0) is 5.75 Å². The zero-order valence-electron chi connectivity index (χ0n) is 11.3. The number of anilines is 1. The van der Waals surface area contributed by atoms with Crippen molar-refractivity contribution >= 4 is 28.4 Å². The van der Waals surface area contributed by atoms with Gasteiger partial charge in [0.05, 0.1) is 11.2 Å². The van der Waals surface area contributed by atoms with E-state index >= 15 is 0 Å². The van der Waals surface area contributed by atoms with E-state index in [9.17, 15) is 0 Å². The highest BCUT2D eigenvalue weighted by Crippen LogP contribution is 2.33. The lowest BCUT2D eigenvalue weighted by Crippen LogP contribution is -1.93. The molecule has 2 nitrogen and oxygen atoms in total. The summed E-state index contributed by atoms with van der Waals surface area (Å²) in [7, 11) is 0. The summed E-state index contributed by atoms with van der Waals surface area (Å²) in [5.41, 5.74) is 10.7. The van der Waals surface area contributed by atoms with Gasteiger partial charge in [-0.15, -0.1) is 11.8 Å². The molecule has 0 atom stereocenters. The average Bonchev–Trinajstić information content (AvgIpc) is 2.48. The summed E-state index contributed by atoms with van der Waals surface area (Å²) in [6.45, 7) is 2.14. The maximum absolute atomic E-state index is 6.26. The zero-order valence-corrected chi connectivity index (χ0v) is 12.2. The molecule has 0 bridgehead atoms. The van der Waals surface area contributed by atoms with Gasteiger partial charge in [0.1, 0.15) is 0 Å². The molecule has 0 radical (unpaired) electrons. The number of rotatable bonds is 3. The molecule has 100 valence electrons. The molecule has 20 heavy (non-hydrogen) atoms. The van der Waals surface area contributed by atoms with E-state index in [1.165, 1.54) is 11.1 Å². The molecule has 1 aromatic heterocycles. The smallest absolute Gasteiger partial charge is 0.0723 e. The van der Waals surface area contributed by atoms with Gasteiger partial charge < -0.3 is 5.73 Å². The highest BCUT2D eigenvalue weighted by atomic mass is 32.2. The molecule has 3 rings (SSSR count). The summed E-state index contributed by atoms with van der Waals surface area (Å²) in [4.78, 5) is 5.45. The summed E-state index contributed by atoms with van der Waals surface area (Å²) in [5, 5.41) is 1.03. The topological polar surface area (TPSA) is 38.9 Å². The molecular formula is C17H16N2S. The largest absolute Gasteiger partial charge is 0.397 e. The van der Waals surface area contributed by atoms with Crippen molar-refractivity contribution in [2.45, 2.75) is 17.6 Å². The Balaban J connectivity index is 1.88. The molecule has 0 aliphatic carbocycles. The number of thioether (sulfide) groups is 1. The lowest BCUT2D eigenvalue weighted by molar-refractivity contribution is 1.30. The van der Waals surface area contributed by atoms with E-state index in [4.69, 9.17) is 5.73 Å². The molecule has 0 unspecified atom stereocenters. The minimum Gasteiger partial charge on any atom is -0.397 e. The van der Waals surface area contributed by atoms with Gasteiger partial charge in [-0.3, -0.25) is 4.98 Å². The standard InChI is InChI=1S/C17H16N2S/c1-12-5-2-3-6-13(12)11-20-16-9-8-15-14(17(16)18)7-4-10-19-15/h2-10H,11,18H2,1H3. The van der Waals surface area contributed by atoms with Gasteiger partial charge in [-0.2, -0.15) is 0 Å². The number of fused-ring (bicyclic) bond motifs is 1. The van der Waals surface area contributed by atoms with Crippen molar-refractivity contribution < 1.29 is 0 Å². The molecule has 0 aliphatic heterocycles. The third-order valence-corrected chi connectivity index (χ3v) is 4.55. The van der Waals surface area contributed by atoms with E-state index in [2.05, 4.69) is 42.2 Å². The second kappa shape index (κ2) is 5.55. The van der Waals surface area contributed by atoms with Gasteiger partial charge in [0.15, 0.2) is 0 Å². The highest BCUT2D eigenvalue weighted by Gasteiger charge is 2.06. The summed E-state index contributed by atoms with van der Waals surface area (Å²) < 4.78 is 0. The summed E-state index contributed by atoms with van der Waals surface area (Å²) in [5.74, 6) is 0.933. The molecule has 0 saturated heterocycles. The van der Waals surface area contributed by atoms with E-state index in [0.29, 0.717) is 0 Å². The number of nitrogen functional groups attached to an aromatic ring is 1. The third kappa shape index (κ3) is 2.49. The minimum atomic E-state index is 0.828. The Labute approximate surface area is 123 Å². The second-order valence-corrected chi connectivity index (χ2v) is 5.78. The van der Waals surface area contributed by atoms with Crippen LogP contribution in [0.5, 0.6) is 0 Å². The maximum Gasteiger partial charge on any atom is 0.0723 e. The van der Waals surface area contributed by atoms with Crippen LogP contribution in [0.3, 0.4) is 0 Å². The molecule has 2 N–H and O–H groups in total. The third-order valence-electron chi connectivity index (χ3n) is 3.43. The van der Waals surface area contributed by atoms with Gasteiger partial charge >= 0.3 is 0 Å². The average molecular weight is 280 g/mol. The van der Waals surface area contributed by atoms with Gasteiger partial charge in [0, 0.05) is 22.2 Å². The number of hydrogen-bond acceptors (Lipinski definition) is 3. The number of nitrogens with zero attached hydrogens (tertiary/aromatic N) is 1. The van der Waals surface area contributed by atoms with E-state index < -0.39 is 0 Å². The van der Waals surface area contributed by atoms with Gasteiger partial charge in [-0.1, -0.05) is 24.3 Å². The Hall–Kier alpha value is -2.00. The lowest BCUT2D eigenvalue weighted by atomic mass is 10.1. The van der Waals surface area contributed by atoms with Gasteiger partial charge in [0.2, 0.25) is 0 Å². The molecule has 0 fully saturated rings. The van der Waals surface area contributed by atoms with E-state index in [0.717, 1.165) is 27.2 Å². The number of nitrogens with two attached hydrogens (primary N) is 1. The van der Waals surface area contributed by atoms with Crippen LogP contribution in [0.25, 0.3) is 10.9 Å². The van der Waals surface area contributed by atoms with E-state index in [1.807, 2.05) is 18.2 Å². The number of aryl methyl sites for hydroxylation is 1. The fourth-order valence-electron chi connectivity index (χ4n) is 2.21. The first-order valence-corrected chi connectivity index (χ1v) is 7.55. The number of hydrogen-bond donors (Lipinski definition) is 1. The minimum absolute atomic E-state index is 0.828. The predicted octanol–water partition coefficient (Wildman–Crippen LogP) is 4.42. The van der Waals surface area contributed by atoms with Gasteiger partial charge in [0.25, 0.3) is 0 Å². The molecule has 3 heteroatoms. The van der Waals surface area contributed by atoms with Crippen molar-refractivity contribution in [3.63, 3.8) is 0 Å².